The zero-order valence-corrected chi connectivity index (χ0v) is 9.55. The van der Waals surface area contributed by atoms with E-state index in [2.05, 4.69) is 30.4 Å². The van der Waals surface area contributed by atoms with Gasteiger partial charge in [0.1, 0.15) is 11.9 Å². The zero-order valence-electron chi connectivity index (χ0n) is 9.55. The van der Waals surface area contributed by atoms with Crippen molar-refractivity contribution < 1.29 is 4.74 Å². The van der Waals surface area contributed by atoms with Crippen molar-refractivity contribution in [1.29, 1.82) is 0 Å². The molecule has 15 heavy (non-hydrogen) atoms. The summed E-state index contributed by atoms with van der Waals surface area (Å²) in [5, 5.41) is 3.12. The van der Waals surface area contributed by atoms with Crippen LogP contribution in [0.2, 0.25) is 0 Å². The third-order valence-electron chi connectivity index (χ3n) is 2.90. The molecule has 1 aromatic carbocycles. The first kappa shape index (κ1) is 10.5. The van der Waals surface area contributed by atoms with E-state index in [1.807, 2.05) is 7.05 Å². The number of ether oxygens (including phenoxy) is 1. The van der Waals surface area contributed by atoms with Crippen LogP contribution in [0.15, 0.2) is 18.2 Å². The normalized spacial score (nSPS) is 16.1. The predicted molar refractivity (Wildman–Crippen MR) is 62.5 cm³/mol. The molecule has 0 heterocycles. The Bertz CT molecular complexity index is 335. The molecule has 0 spiro atoms. The van der Waals surface area contributed by atoms with Crippen LogP contribution in [0.3, 0.4) is 0 Å². The van der Waals surface area contributed by atoms with E-state index in [-0.39, 0.29) is 6.10 Å². The summed E-state index contributed by atoms with van der Waals surface area (Å²) in [6.45, 7) is 2.97. The lowest BCUT2D eigenvalue weighted by molar-refractivity contribution is 0.220. The Morgan fingerprint density at radius 3 is 2.93 bits per heavy atom. The Morgan fingerprint density at radius 1 is 1.33 bits per heavy atom. The number of nitrogens with one attached hydrogen (secondary N) is 1. The van der Waals surface area contributed by atoms with Crippen LogP contribution in [0.4, 0.5) is 0 Å². The first-order valence-corrected chi connectivity index (χ1v) is 5.72. The number of fused-ring (bicyclic) bond motifs is 1. The van der Waals surface area contributed by atoms with Crippen LogP contribution in [0.25, 0.3) is 0 Å². The maximum atomic E-state index is 5.82. The average molecular weight is 205 g/mol. The number of aryl methyl sites for hydroxylation is 2. The maximum absolute atomic E-state index is 5.82. The van der Waals surface area contributed by atoms with Gasteiger partial charge in [-0.05, 0) is 56.5 Å². The quantitative estimate of drug-likeness (QED) is 0.813. The van der Waals surface area contributed by atoms with Gasteiger partial charge in [-0.3, -0.25) is 0 Å². The first-order chi connectivity index (χ1) is 7.29. The van der Waals surface area contributed by atoms with Crippen molar-refractivity contribution in [3.05, 3.63) is 29.3 Å². The minimum Gasteiger partial charge on any atom is -0.489 e. The Balaban J connectivity index is 2.03. The summed E-state index contributed by atoms with van der Waals surface area (Å²) < 4.78 is 5.82. The minimum atomic E-state index is 0.231. The van der Waals surface area contributed by atoms with Crippen LogP contribution in [0.5, 0.6) is 5.75 Å². The highest BCUT2D eigenvalue weighted by atomic mass is 16.5. The lowest BCUT2D eigenvalue weighted by Gasteiger charge is -2.14. The van der Waals surface area contributed by atoms with Crippen molar-refractivity contribution in [3.63, 3.8) is 0 Å². The highest BCUT2D eigenvalue weighted by Gasteiger charge is 2.12. The fourth-order valence-corrected chi connectivity index (χ4v) is 2.18. The second-order valence-electron chi connectivity index (χ2n) is 4.27. The second-order valence-corrected chi connectivity index (χ2v) is 4.27. The molecule has 82 valence electrons. The molecule has 1 aliphatic rings. The van der Waals surface area contributed by atoms with Gasteiger partial charge in [-0.2, -0.15) is 0 Å². The van der Waals surface area contributed by atoms with Gasteiger partial charge in [0.25, 0.3) is 0 Å². The fourth-order valence-electron chi connectivity index (χ4n) is 2.18. The maximum Gasteiger partial charge on any atom is 0.120 e. The van der Waals surface area contributed by atoms with Crippen LogP contribution >= 0.6 is 0 Å². The first-order valence-electron chi connectivity index (χ1n) is 5.72. The number of likely N-dealkylation sites (N-methyl/N-ethyl adjacent to an activating group) is 1. The van der Waals surface area contributed by atoms with E-state index in [4.69, 9.17) is 4.74 Å². The van der Waals surface area contributed by atoms with Crippen LogP contribution in [-0.2, 0) is 12.8 Å². The van der Waals surface area contributed by atoms with Gasteiger partial charge in [0.2, 0.25) is 0 Å². The van der Waals surface area contributed by atoms with Crippen molar-refractivity contribution >= 4 is 0 Å². The summed E-state index contributed by atoms with van der Waals surface area (Å²) in [7, 11) is 1.95. The van der Waals surface area contributed by atoms with E-state index < -0.39 is 0 Å². The topological polar surface area (TPSA) is 21.3 Å². The summed E-state index contributed by atoms with van der Waals surface area (Å²) in [6, 6.07) is 6.51. The van der Waals surface area contributed by atoms with Crippen LogP contribution in [0, 0.1) is 0 Å². The molecule has 2 rings (SSSR count). The van der Waals surface area contributed by atoms with Crippen molar-refractivity contribution in [2.75, 3.05) is 13.6 Å². The summed E-state index contributed by atoms with van der Waals surface area (Å²) in [5.41, 5.74) is 2.98. The van der Waals surface area contributed by atoms with E-state index >= 15 is 0 Å². The molecule has 0 aromatic heterocycles. The summed E-state index contributed by atoms with van der Waals surface area (Å²) >= 11 is 0. The summed E-state index contributed by atoms with van der Waals surface area (Å²) in [5.74, 6) is 1.01. The lowest BCUT2D eigenvalue weighted by Crippen LogP contribution is -2.26. The SMILES string of the molecule is CNCC(C)Oc1ccc2c(c1)CCC2. The van der Waals surface area contributed by atoms with E-state index in [0.29, 0.717) is 0 Å². The van der Waals surface area contributed by atoms with Crippen molar-refractivity contribution in [2.24, 2.45) is 0 Å². The molecule has 1 aromatic rings. The third-order valence-corrected chi connectivity index (χ3v) is 2.90. The highest BCUT2D eigenvalue weighted by Crippen LogP contribution is 2.26. The molecule has 1 N–H and O–H groups in total. The standard InChI is InChI=1S/C13H19NO/c1-10(9-14-2)15-13-7-6-11-4-3-5-12(11)8-13/h6-8,10,14H,3-5,9H2,1-2H3. The monoisotopic (exact) mass is 205 g/mol. The fraction of sp³-hybridized carbons (Fsp3) is 0.538. The molecule has 0 radical (unpaired) electrons. The largest absolute Gasteiger partial charge is 0.489 e. The molecule has 0 saturated heterocycles. The molecule has 1 aliphatic carbocycles. The smallest absolute Gasteiger partial charge is 0.120 e. The molecule has 0 aliphatic heterocycles. The molecular formula is C13H19NO. The molecule has 0 amide bonds. The van der Waals surface area contributed by atoms with Crippen molar-refractivity contribution in [1.82, 2.24) is 5.32 Å². The van der Waals surface area contributed by atoms with E-state index in [1.54, 1.807) is 0 Å². The van der Waals surface area contributed by atoms with Gasteiger partial charge in [0, 0.05) is 6.54 Å². The van der Waals surface area contributed by atoms with Crippen LogP contribution in [-0.4, -0.2) is 19.7 Å². The second kappa shape index (κ2) is 4.67. The van der Waals surface area contributed by atoms with Crippen LogP contribution in [0.1, 0.15) is 24.5 Å². The minimum absolute atomic E-state index is 0.231. The predicted octanol–water partition coefficient (Wildman–Crippen LogP) is 2.16. The number of benzene rings is 1. The highest BCUT2D eigenvalue weighted by molar-refractivity contribution is 5.38. The molecule has 0 bridgehead atoms. The molecule has 1 unspecified atom stereocenters. The van der Waals surface area contributed by atoms with Gasteiger partial charge in [-0.25, -0.2) is 0 Å². The van der Waals surface area contributed by atoms with E-state index in [9.17, 15) is 0 Å². The number of hydrogen-bond acceptors (Lipinski definition) is 2. The molecule has 0 fully saturated rings. The molecule has 2 heteroatoms. The molecular weight excluding hydrogens is 186 g/mol. The number of hydrogen-bond donors (Lipinski definition) is 1. The Labute approximate surface area is 91.6 Å². The van der Waals surface area contributed by atoms with Gasteiger partial charge >= 0.3 is 0 Å². The van der Waals surface area contributed by atoms with Crippen LogP contribution < -0.4 is 10.1 Å². The van der Waals surface area contributed by atoms with Gasteiger partial charge in [0.05, 0.1) is 0 Å². The van der Waals surface area contributed by atoms with Gasteiger partial charge in [0.15, 0.2) is 0 Å². The van der Waals surface area contributed by atoms with E-state index in [0.717, 1.165) is 12.3 Å². The third kappa shape index (κ3) is 2.51. The van der Waals surface area contributed by atoms with Crippen molar-refractivity contribution in [2.45, 2.75) is 32.3 Å². The average Bonchev–Trinajstić information content (AvgIpc) is 2.65. The molecule has 0 saturated carbocycles. The van der Waals surface area contributed by atoms with E-state index in [1.165, 1.54) is 30.4 Å². The Hall–Kier alpha value is -1.02. The number of rotatable bonds is 4. The summed E-state index contributed by atoms with van der Waals surface area (Å²) in [6.07, 6.45) is 3.98. The van der Waals surface area contributed by atoms with Gasteiger partial charge in [-0.15, -0.1) is 0 Å². The zero-order chi connectivity index (χ0) is 10.7. The Kier molecular flexibility index (Phi) is 3.27. The molecule has 1 atom stereocenters. The lowest BCUT2D eigenvalue weighted by atomic mass is 10.1. The van der Waals surface area contributed by atoms with Crippen molar-refractivity contribution in [3.8, 4) is 5.75 Å². The van der Waals surface area contributed by atoms with Gasteiger partial charge < -0.3 is 10.1 Å². The van der Waals surface area contributed by atoms with Gasteiger partial charge in [-0.1, -0.05) is 6.07 Å². The Morgan fingerprint density at radius 2 is 2.13 bits per heavy atom. The molecule has 2 nitrogen and oxygen atoms in total. The summed E-state index contributed by atoms with van der Waals surface area (Å²) in [4.78, 5) is 0.